The van der Waals surface area contributed by atoms with Crippen LogP contribution in [0.5, 0.6) is 0 Å². The van der Waals surface area contributed by atoms with E-state index in [1.54, 1.807) is 0 Å². The van der Waals surface area contributed by atoms with E-state index < -0.39 is 9.84 Å². The molecule has 0 radical (unpaired) electrons. The molecule has 2 atom stereocenters. The largest absolute Gasteiger partial charge is 0.313 e. The Labute approximate surface area is 119 Å². The summed E-state index contributed by atoms with van der Waals surface area (Å²) in [7, 11) is -2.95. The molecule has 0 aromatic rings. The van der Waals surface area contributed by atoms with Gasteiger partial charge in [-0.2, -0.15) is 0 Å². The summed E-state index contributed by atoms with van der Waals surface area (Å²) in [6.07, 6.45) is 8.00. The fraction of sp³-hybridized carbons (Fsp3) is 1.00. The van der Waals surface area contributed by atoms with E-state index in [0.29, 0.717) is 18.1 Å². The molecule has 0 bridgehead atoms. The van der Waals surface area contributed by atoms with Crippen LogP contribution in [0.1, 0.15) is 65.7 Å². The molecule has 0 amide bonds. The van der Waals surface area contributed by atoms with Crippen molar-refractivity contribution in [3.63, 3.8) is 0 Å². The molecule has 3 nitrogen and oxygen atoms in total. The van der Waals surface area contributed by atoms with Crippen LogP contribution < -0.4 is 5.32 Å². The van der Waals surface area contributed by atoms with Gasteiger partial charge in [0.1, 0.15) is 0 Å². The maximum atomic E-state index is 12.3. The molecule has 1 N–H and O–H groups in total. The Morgan fingerprint density at radius 3 is 2.32 bits per heavy atom. The van der Waals surface area contributed by atoms with Crippen LogP contribution in [-0.2, 0) is 9.84 Å². The molecule has 0 aromatic heterocycles. The summed E-state index contributed by atoms with van der Waals surface area (Å²) in [6, 6.07) is 0.166. The minimum atomic E-state index is -2.95. The Balaban J connectivity index is 2.67. The van der Waals surface area contributed by atoms with Crippen molar-refractivity contribution in [2.45, 2.75) is 77.0 Å². The van der Waals surface area contributed by atoms with E-state index in [0.717, 1.165) is 13.0 Å². The molecule has 0 heterocycles. The van der Waals surface area contributed by atoms with E-state index in [1.807, 2.05) is 13.8 Å². The standard InChI is InChI=1S/C15H31NO2S/c1-4-11-16-15(14-9-7-6-8-10-14)12-19(17,18)13(3)5-2/h13-16H,4-12H2,1-3H3. The second kappa shape index (κ2) is 8.25. The van der Waals surface area contributed by atoms with Crippen molar-refractivity contribution in [1.29, 1.82) is 0 Å². The molecule has 1 rings (SSSR count). The third-order valence-electron chi connectivity index (χ3n) is 4.48. The van der Waals surface area contributed by atoms with Crippen LogP contribution >= 0.6 is 0 Å². The highest BCUT2D eigenvalue weighted by atomic mass is 32.2. The van der Waals surface area contributed by atoms with E-state index >= 15 is 0 Å². The first-order chi connectivity index (χ1) is 9.01. The zero-order valence-corrected chi connectivity index (χ0v) is 13.6. The van der Waals surface area contributed by atoms with Gasteiger partial charge in [0.25, 0.3) is 0 Å². The summed E-state index contributed by atoms with van der Waals surface area (Å²) < 4.78 is 24.7. The van der Waals surface area contributed by atoms with Crippen LogP contribution in [0.4, 0.5) is 0 Å². The fourth-order valence-corrected chi connectivity index (χ4v) is 4.62. The maximum absolute atomic E-state index is 12.3. The minimum absolute atomic E-state index is 0.166. The summed E-state index contributed by atoms with van der Waals surface area (Å²) >= 11 is 0. The van der Waals surface area contributed by atoms with Gasteiger partial charge in [-0.3, -0.25) is 0 Å². The highest BCUT2D eigenvalue weighted by Crippen LogP contribution is 2.27. The first-order valence-electron chi connectivity index (χ1n) is 7.96. The van der Waals surface area contributed by atoms with Gasteiger partial charge >= 0.3 is 0 Å². The van der Waals surface area contributed by atoms with Crippen molar-refractivity contribution in [3.05, 3.63) is 0 Å². The molecular formula is C15H31NO2S. The zero-order chi connectivity index (χ0) is 14.3. The van der Waals surface area contributed by atoms with Gasteiger partial charge in [-0.05, 0) is 45.1 Å². The van der Waals surface area contributed by atoms with Gasteiger partial charge in [0.2, 0.25) is 0 Å². The molecule has 0 saturated heterocycles. The average molecular weight is 289 g/mol. The quantitative estimate of drug-likeness (QED) is 0.746. The van der Waals surface area contributed by atoms with Crippen LogP contribution in [0.3, 0.4) is 0 Å². The minimum Gasteiger partial charge on any atom is -0.313 e. The highest BCUT2D eigenvalue weighted by molar-refractivity contribution is 7.92. The Bertz CT molecular complexity index is 334. The molecule has 0 spiro atoms. The molecule has 1 aliphatic rings. The number of nitrogens with one attached hydrogen (secondary N) is 1. The van der Waals surface area contributed by atoms with Crippen molar-refractivity contribution in [3.8, 4) is 0 Å². The van der Waals surface area contributed by atoms with Gasteiger partial charge in [-0.1, -0.05) is 33.1 Å². The number of hydrogen-bond donors (Lipinski definition) is 1. The lowest BCUT2D eigenvalue weighted by atomic mass is 9.84. The molecule has 1 saturated carbocycles. The van der Waals surface area contributed by atoms with Crippen LogP contribution in [0.2, 0.25) is 0 Å². The molecule has 1 fully saturated rings. The Kier molecular flexibility index (Phi) is 7.37. The van der Waals surface area contributed by atoms with Crippen molar-refractivity contribution in [1.82, 2.24) is 5.32 Å². The van der Waals surface area contributed by atoms with E-state index in [9.17, 15) is 8.42 Å². The van der Waals surface area contributed by atoms with Crippen LogP contribution in [-0.4, -0.2) is 32.0 Å². The Morgan fingerprint density at radius 2 is 1.79 bits per heavy atom. The van der Waals surface area contributed by atoms with Gasteiger partial charge in [-0.15, -0.1) is 0 Å². The highest BCUT2D eigenvalue weighted by Gasteiger charge is 2.30. The van der Waals surface area contributed by atoms with Gasteiger partial charge in [-0.25, -0.2) is 8.42 Å². The summed E-state index contributed by atoms with van der Waals surface area (Å²) in [5, 5.41) is 3.29. The van der Waals surface area contributed by atoms with Crippen molar-refractivity contribution >= 4 is 9.84 Å². The fourth-order valence-electron chi connectivity index (χ4n) is 2.90. The molecule has 4 heteroatoms. The van der Waals surface area contributed by atoms with Crippen molar-refractivity contribution < 1.29 is 8.42 Å². The summed E-state index contributed by atoms with van der Waals surface area (Å²) in [5.74, 6) is 0.881. The summed E-state index contributed by atoms with van der Waals surface area (Å²) in [6.45, 7) is 6.86. The topological polar surface area (TPSA) is 46.2 Å². The van der Waals surface area contributed by atoms with Crippen molar-refractivity contribution in [2.24, 2.45) is 5.92 Å². The lowest BCUT2D eigenvalue weighted by molar-refractivity contribution is 0.283. The van der Waals surface area contributed by atoms with E-state index in [4.69, 9.17) is 0 Å². The number of rotatable bonds is 8. The second-order valence-corrected chi connectivity index (χ2v) is 8.47. The Hall–Kier alpha value is -0.0900. The Morgan fingerprint density at radius 1 is 1.16 bits per heavy atom. The molecule has 0 aliphatic heterocycles. The normalized spacial score (nSPS) is 21.2. The molecule has 19 heavy (non-hydrogen) atoms. The summed E-state index contributed by atoms with van der Waals surface area (Å²) in [5.41, 5.74) is 0. The number of sulfone groups is 1. The lowest BCUT2D eigenvalue weighted by Gasteiger charge is -2.31. The third kappa shape index (κ3) is 5.42. The zero-order valence-electron chi connectivity index (χ0n) is 12.8. The van der Waals surface area contributed by atoms with Crippen LogP contribution in [0, 0.1) is 5.92 Å². The average Bonchev–Trinajstić information content (AvgIpc) is 2.43. The summed E-state index contributed by atoms with van der Waals surface area (Å²) in [4.78, 5) is 0. The van der Waals surface area contributed by atoms with E-state index in [2.05, 4.69) is 12.2 Å². The first-order valence-corrected chi connectivity index (χ1v) is 9.67. The second-order valence-electron chi connectivity index (χ2n) is 6.01. The SMILES string of the molecule is CCCNC(CS(=O)(=O)C(C)CC)C1CCCCC1. The molecule has 0 aromatic carbocycles. The predicted octanol–water partition coefficient (Wildman–Crippen LogP) is 3.15. The molecule has 2 unspecified atom stereocenters. The van der Waals surface area contributed by atoms with Crippen molar-refractivity contribution in [2.75, 3.05) is 12.3 Å². The predicted molar refractivity (Wildman–Crippen MR) is 82.2 cm³/mol. The van der Waals surface area contributed by atoms with Crippen LogP contribution in [0.25, 0.3) is 0 Å². The van der Waals surface area contributed by atoms with Crippen LogP contribution in [0.15, 0.2) is 0 Å². The van der Waals surface area contributed by atoms with Gasteiger partial charge in [0.05, 0.1) is 11.0 Å². The van der Waals surface area contributed by atoms with E-state index in [1.165, 1.54) is 32.1 Å². The third-order valence-corrected chi connectivity index (χ3v) is 6.86. The first kappa shape index (κ1) is 17.0. The maximum Gasteiger partial charge on any atom is 0.154 e. The van der Waals surface area contributed by atoms with Gasteiger partial charge in [0, 0.05) is 6.04 Å². The van der Waals surface area contributed by atoms with E-state index in [-0.39, 0.29) is 11.3 Å². The van der Waals surface area contributed by atoms with Gasteiger partial charge in [0.15, 0.2) is 9.84 Å². The number of hydrogen-bond acceptors (Lipinski definition) is 3. The lowest BCUT2D eigenvalue weighted by Crippen LogP contribution is -2.44. The molecule has 1 aliphatic carbocycles. The van der Waals surface area contributed by atoms with Gasteiger partial charge < -0.3 is 5.32 Å². The smallest absolute Gasteiger partial charge is 0.154 e. The monoisotopic (exact) mass is 289 g/mol. The molecule has 114 valence electrons. The molecular weight excluding hydrogens is 258 g/mol.